The molecule has 0 bridgehead atoms. The zero-order chi connectivity index (χ0) is 13.7. The lowest BCUT2D eigenvalue weighted by Gasteiger charge is -2.34. The zero-order valence-electron chi connectivity index (χ0n) is 12.7. The molecule has 106 valence electrons. The summed E-state index contributed by atoms with van der Waals surface area (Å²) < 4.78 is 0. The van der Waals surface area contributed by atoms with E-state index < -0.39 is 0 Å². The van der Waals surface area contributed by atoms with Gasteiger partial charge in [-0.3, -0.25) is 0 Å². The highest BCUT2D eigenvalue weighted by Gasteiger charge is 2.29. The van der Waals surface area contributed by atoms with Crippen molar-refractivity contribution in [2.45, 2.75) is 51.6 Å². The Bertz CT molecular complexity index is 389. The normalized spacial score (nSPS) is 23.2. The molecule has 2 unspecified atom stereocenters. The summed E-state index contributed by atoms with van der Waals surface area (Å²) in [6.07, 6.45) is 5.02. The summed E-state index contributed by atoms with van der Waals surface area (Å²) in [5.74, 6) is 0. The fourth-order valence-corrected chi connectivity index (χ4v) is 3.20. The minimum atomic E-state index is 0.489. The van der Waals surface area contributed by atoms with Crippen molar-refractivity contribution in [3.63, 3.8) is 0 Å². The van der Waals surface area contributed by atoms with E-state index in [9.17, 15) is 0 Å². The van der Waals surface area contributed by atoms with Gasteiger partial charge in [0, 0.05) is 12.1 Å². The van der Waals surface area contributed by atoms with Crippen LogP contribution in [0.2, 0.25) is 0 Å². The van der Waals surface area contributed by atoms with Crippen molar-refractivity contribution in [2.75, 3.05) is 20.1 Å². The Labute approximate surface area is 118 Å². The lowest BCUT2D eigenvalue weighted by Crippen LogP contribution is -2.42. The first-order chi connectivity index (χ1) is 9.27. The standard InChI is InChI=1S/C17H28N2/c1-4-13-18-17-15-11-7-6-9-14(15)10-8-12-16(17)19(3)5-2/h6-7,9,11,16-18H,4-5,8,10,12-13H2,1-3H3. The molecule has 0 spiro atoms. The average molecular weight is 260 g/mol. The monoisotopic (exact) mass is 260 g/mol. The lowest BCUT2D eigenvalue weighted by atomic mass is 9.95. The van der Waals surface area contributed by atoms with E-state index in [1.165, 1.54) is 31.2 Å². The summed E-state index contributed by atoms with van der Waals surface area (Å²) in [6, 6.07) is 10.1. The number of nitrogens with one attached hydrogen (secondary N) is 1. The molecule has 0 fully saturated rings. The third-order valence-corrected chi connectivity index (χ3v) is 4.40. The van der Waals surface area contributed by atoms with Crippen LogP contribution in [0.5, 0.6) is 0 Å². The molecule has 0 aliphatic heterocycles. The maximum absolute atomic E-state index is 3.79. The first-order valence-electron chi connectivity index (χ1n) is 7.79. The van der Waals surface area contributed by atoms with Crippen LogP contribution in [0.15, 0.2) is 24.3 Å². The van der Waals surface area contributed by atoms with Crippen LogP contribution in [0.3, 0.4) is 0 Å². The molecule has 1 aromatic carbocycles. The molecule has 1 N–H and O–H groups in total. The molecule has 1 aliphatic carbocycles. The zero-order valence-corrected chi connectivity index (χ0v) is 12.7. The minimum Gasteiger partial charge on any atom is -0.309 e. The highest BCUT2D eigenvalue weighted by Crippen LogP contribution is 2.31. The Kier molecular flexibility index (Phi) is 5.41. The van der Waals surface area contributed by atoms with Crippen LogP contribution < -0.4 is 5.32 Å². The molecular formula is C17H28N2. The second kappa shape index (κ2) is 7.06. The van der Waals surface area contributed by atoms with E-state index in [0.717, 1.165) is 13.1 Å². The number of benzene rings is 1. The molecule has 2 heteroatoms. The van der Waals surface area contributed by atoms with E-state index in [1.54, 1.807) is 5.56 Å². The Morgan fingerprint density at radius 1 is 1.26 bits per heavy atom. The second-order valence-corrected chi connectivity index (χ2v) is 5.66. The molecule has 2 atom stereocenters. The molecule has 0 amide bonds. The molecule has 0 aromatic heterocycles. The maximum Gasteiger partial charge on any atom is 0.0480 e. The van der Waals surface area contributed by atoms with Crippen molar-refractivity contribution in [3.8, 4) is 0 Å². The van der Waals surface area contributed by atoms with Crippen molar-refractivity contribution < 1.29 is 0 Å². The van der Waals surface area contributed by atoms with Crippen molar-refractivity contribution in [1.29, 1.82) is 0 Å². The predicted molar refractivity (Wildman–Crippen MR) is 82.5 cm³/mol. The van der Waals surface area contributed by atoms with Gasteiger partial charge in [0.05, 0.1) is 0 Å². The summed E-state index contributed by atoms with van der Waals surface area (Å²) in [5.41, 5.74) is 3.07. The van der Waals surface area contributed by atoms with Gasteiger partial charge in [0.15, 0.2) is 0 Å². The first-order valence-corrected chi connectivity index (χ1v) is 7.79. The molecule has 0 saturated heterocycles. The fourth-order valence-electron chi connectivity index (χ4n) is 3.20. The Morgan fingerprint density at radius 3 is 2.79 bits per heavy atom. The maximum atomic E-state index is 3.79. The van der Waals surface area contributed by atoms with Gasteiger partial charge in [0.1, 0.15) is 0 Å². The predicted octanol–water partition coefficient (Wildman–Crippen LogP) is 3.38. The Balaban J connectivity index is 2.30. The number of nitrogens with zero attached hydrogens (tertiary/aromatic N) is 1. The molecule has 0 heterocycles. The van der Waals surface area contributed by atoms with Crippen molar-refractivity contribution in [2.24, 2.45) is 0 Å². The molecule has 1 aliphatic rings. The van der Waals surface area contributed by atoms with Gasteiger partial charge >= 0.3 is 0 Å². The van der Waals surface area contributed by atoms with E-state index >= 15 is 0 Å². The van der Waals surface area contributed by atoms with Gasteiger partial charge in [-0.25, -0.2) is 0 Å². The highest BCUT2D eigenvalue weighted by atomic mass is 15.2. The van der Waals surface area contributed by atoms with E-state index in [4.69, 9.17) is 0 Å². The van der Waals surface area contributed by atoms with Gasteiger partial charge in [-0.1, -0.05) is 38.1 Å². The summed E-state index contributed by atoms with van der Waals surface area (Å²) in [4.78, 5) is 2.51. The van der Waals surface area contributed by atoms with Crippen LogP contribution in [-0.4, -0.2) is 31.1 Å². The third kappa shape index (κ3) is 3.37. The van der Waals surface area contributed by atoms with Crippen LogP contribution in [0.25, 0.3) is 0 Å². The highest BCUT2D eigenvalue weighted by molar-refractivity contribution is 5.32. The summed E-state index contributed by atoms with van der Waals surface area (Å²) in [6.45, 7) is 6.73. The van der Waals surface area contributed by atoms with Gasteiger partial charge in [0.2, 0.25) is 0 Å². The van der Waals surface area contributed by atoms with Crippen LogP contribution in [0.4, 0.5) is 0 Å². The van der Waals surface area contributed by atoms with Crippen molar-refractivity contribution in [1.82, 2.24) is 10.2 Å². The van der Waals surface area contributed by atoms with Gasteiger partial charge in [-0.2, -0.15) is 0 Å². The first kappa shape index (κ1) is 14.5. The van der Waals surface area contributed by atoms with Gasteiger partial charge in [0.25, 0.3) is 0 Å². The largest absolute Gasteiger partial charge is 0.309 e. The van der Waals surface area contributed by atoms with E-state index in [1.807, 2.05) is 0 Å². The van der Waals surface area contributed by atoms with Crippen molar-refractivity contribution in [3.05, 3.63) is 35.4 Å². The van der Waals surface area contributed by atoms with Gasteiger partial charge < -0.3 is 10.2 Å². The quantitative estimate of drug-likeness (QED) is 0.816. The summed E-state index contributed by atoms with van der Waals surface area (Å²) >= 11 is 0. The molecule has 0 radical (unpaired) electrons. The van der Waals surface area contributed by atoms with E-state index in [2.05, 4.69) is 55.4 Å². The lowest BCUT2D eigenvalue weighted by molar-refractivity contribution is 0.190. The second-order valence-electron chi connectivity index (χ2n) is 5.66. The van der Waals surface area contributed by atoms with E-state index in [0.29, 0.717) is 12.1 Å². The molecule has 19 heavy (non-hydrogen) atoms. The van der Waals surface area contributed by atoms with Gasteiger partial charge in [-0.05, 0) is 56.9 Å². The number of fused-ring (bicyclic) bond motifs is 1. The van der Waals surface area contributed by atoms with E-state index in [-0.39, 0.29) is 0 Å². The van der Waals surface area contributed by atoms with Crippen LogP contribution in [0.1, 0.15) is 50.3 Å². The van der Waals surface area contributed by atoms with Crippen LogP contribution >= 0.6 is 0 Å². The summed E-state index contributed by atoms with van der Waals surface area (Å²) in [5, 5.41) is 3.79. The molecular weight excluding hydrogens is 232 g/mol. The number of aryl methyl sites for hydroxylation is 1. The van der Waals surface area contributed by atoms with Crippen LogP contribution in [0, 0.1) is 0 Å². The number of hydrogen-bond donors (Lipinski definition) is 1. The molecule has 2 nitrogen and oxygen atoms in total. The minimum absolute atomic E-state index is 0.489. The average Bonchev–Trinajstić information content (AvgIpc) is 2.63. The Morgan fingerprint density at radius 2 is 2.05 bits per heavy atom. The molecule has 0 saturated carbocycles. The van der Waals surface area contributed by atoms with Gasteiger partial charge in [-0.15, -0.1) is 0 Å². The number of likely N-dealkylation sites (N-methyl/N-ethyl adjacent to an activating group) is 1. The molecule has 1 aromatic rings. The summed E-state index contributed by atoms with van der Waals surface area (Å²) in [7, 11) is 2.26. The Hall–Kier alpha value is -0.860. The van der Waals surface area contributed by atoms with Crippen molar-refractivity contribution >= 4 is 0 Å². The number of rotatable bonds is 5. The van der Waals surface area contributed by atoms with Crippen LogP contribution in [-0.2, 0) is 6.42 Å². The SMILES string of the molecule is CCCNC1c2ccccc2CCCC1N(C)CC. The third-order valence-electron chi connectivity index (χ3n) is 4.40. The smallest absolute Gasteiger partial charge is 0.0480 e. The molecule has 2 rings (SSSR count). The topological polar surface area (TPSA) is 15.3 Å². The number of hydrogen-bond acceptors (Lipinski definition) is 2. The fraction of sp³-hybridized carbons (Fsp3) is 0.647.